The Kier molecular flexibility index (Phi) is 7.04. The molecule has 0 spiro atoms. The highest BCUT2D eigenvalue weighted by Crippen LogP contribution is 2.18. The predicted octanol–water partition coefficient (Wildman–Crippen LogP) is 2.64. The summed E-state index contributed by atoms with van der Waals surface area (Å²) in [6.07, 6.45) is 5.70. The largest absolute Gasteiger partial charge is 0.339 e. The smallest absolute Gasteiger partial charge is 0.246 e. The molecule has 0 atom stereocenters. The molecule has 27 heavy (non-hydrogen) atoms. The van der Waals surface area contributed by atoms with E-state index in [-0.39, 0.29) is 11.8 Å². The molecule has 0 aromatic heterocycles. The fourth-order valence-corrected chi connectivity index (χ4v) is 3.88. The number of hydrogen-bond donors (Lipinski definition) is 0. The summed E-state index contributed by atoms with van der Waals surface area (Å²) in [5.41, 5.74) is 2.16. The van der Waals surface area contributed by atoms with Crippen LogP contribution in [0.3, 0.4) is 0 Å². The second-order valence-electron chi connectivity index (χ2n) is 7.39. The van der Waals surface area contributed by atoms with Crippen molar-refractivity contribution in [3.8, 4) is 0 Å². The lowest BCUT2D eigenvalue weighted by atomic mass is 10.0. The lowest BCUT2D eigenvalue weighted by molar-refractivity contribution is -0.137. The third-order valence-corrected chi connectivity index (χ3v) is 5.61. The summed E-state index contributed by atoms with van der Waals surface area (Å²) in [6, 6.07) is 10.1. The lowest BCUT2D eigenvalue weighted by Crippen LogP contribution is -2.50. The number of amides is 2. The Balaban J connectivity index is 1.48. The van der Waals surface area contributed by atoms with Crippen LogP contribution in [0.4, 0.5) is 0 Å². The van der Waals surface area contributed by atoms with Gasteiger partial charge in [0.25, 0.3) is 0 Å². The maximum atomic E-state index is 12.7. The molecule has 0 unspecified atom stereocenters. The normalized spacial score (nSPS) is 18.8. The summed E-state index contributed by atoms with van der Waals surface area (Å²) in [4.78, 5) is 31.2. The van der Waals surface area contributed by atoms with Gasteiger partial charge in [-0.1, -0.05) is 37.3 Å². The Bertz CT molecular complexity index is 657. The number of benzene rings is 1. The van der Waals surface area contributed by atoms with Crippen LogP contribution in [0, 0.1) is 0 Å². The quantitative estimate of drug-likeness (QED) is 0.724. The number of carbonyl (C=O) groups is 2. The monoisotopic (exact) mass is 369 g/mol. The zero-order valence-corrected chi connectivity index (χ0v) is 16.4. The van der Waals surface area contributed by atoms with E-state index in [2.05, 4.69) is 11.8 Å². The summed E-state index contributed by atoms with van der Waals surface area (Å²) >= 11 is 0. The van der Waals surface area contributed by atoms with Crippen molar-refractivity contribution in [3.63, 3.8) is 0 Å². The van der Waals surface area contributed by atoms with Gasteiger partial charge in [-0.2, -0.15) is 0 Å². The standard InChI is InChI=1S/C22H31N3O2/c1-2-19(20-8-4-3-5-9-20)18-22(27)25-16-14-24(15-17-25)21(26)10-13-23-11-6-7-12-23/h3-5,8-9,18H,2,6-7,10-17H2,1H3/b19-18+. The molecule has 2 saturated heterocycles. The molecule has 1 aromatic carbocycles. The van der Waals surface area contributed by atoms with Gasteiger partial charge in [-0.25, -0.2) is 0 Å². The Morgan fingerprint density at radius 1 is 0.926 bits per heavy atom. The van der Waals surface area contributed by atoms with Crippen LogP contribution in [0.2, 0.25) is 0 Å². The van der Waals surface area contributed by atoms with Crippen molar-refractivity contribution in [2.24, 2.45) is 0 Å². The van der Waals surface area contributed by atoms with Gasteiger partial charge in [0.15, 0.2) is 0 Å². The predicted molar refractivity (Wildman–Crippen MR) is 108 cm³/mol. The van der Waals surface area contributed by atoms with Crippen LogP contribution < -0.4 is 0 Å². The summed E-state index contributed by atoms with van der Waals surface area (Å²) < 4.78 is 0. The maximum Gasteiger partial charge on any atom is 0.246 e. The van der Waals surface area contributed by atoms with Gasteiger partial charge in [-0.3, -0.25) is 9.59 Å². The lowest BCUT2D eigenvalue weighted by Gasteiger charge is -2.34. The minimum Gasteiger partial charge on any atom is -0.339 e. The Hall–Kier alpha value is -2.14. The van der Waals surface area contributed by atoms with Crippen molar-refractivity contribution in [2.75, 3.05) is 45.8 Å². The van der Waals surface area contributed by atoms with Gasteiger partial charge in [-0.05, 0) is 43.5 Å². The number of hydrogen-bond acceptors (Lipinski definition) is 3. The first kappa shape index (κ1) is 19.6. The molecule has 0 aliphatic carbocycles. The van der Waals surface area contributed by atoms with Crippen molar-refractivity contribution in [2.45, 2.75) is 32.6 Å². The molecule has 1 aromatic rings. The fourth-order valence-electron chi connectivity index (χ4n) is 3.88. The van der Waals surface area contributed by atoms with Crippen LogP contribution in [-0.4, -0.2) is 72.3 Å². The first-order valence-electron chi connectivity index (χ1n) is 10.2. The summed E-state index contributed by atoms with van der Waals surface area (Å²) in [5, 5.41) is 0. The molecule has 5 nitrogen and oxygen atoms in total. The van der Waals surface area contributed by atoms with Gasteiger partial charge in [-0.15, -0.1) is 0 Å². The Labute approximate surface area is 162 Å². The first-order chi connectivity index (χ1) is 13.2. The van der Waals surface area contributed by atoms with E-state index < -0.39 is 0 Å². The highest BCUT2D eigenvalue weighted by atomic mass is 16.2. The number of allylic oxidation sites excluding steroid dienone is 1. The topological polar surface area (TPSA) is 43.9 Å². The maximum absolute atomic E-state index is 12.7. The van der Waals surface area contributed by atoms with Crippen molar-refractivity contribution < 1.29 is 9.59 Å². The van der Waals surface area contributed by atoms with E-state index >= 15 is 0 Å². The molecule has 0 radical (unpaired) electrons. The van der Waals surface area contributed by atoms with Gasteiger partial charge in [0, 0.05) is 45.2 Å². The van der Waals surface area contributed by atoms with Crippen molar-refractivity contribution in [3.05, 3.63) is 42.0 Å². The molecule has 3 rings (SSSR count). The van der Waals surface area contributed by atoms with Crippen LogP contribution in [0.25, 0.3) is 5.57 Å². The van der Waals surface area contributed by atoms with E-state index in [4.69, 9.17) is 0 Å². The summed E-state index contributed by atoms with van der Waals surface area (Å²) in [6.45, 7) is 7.73. The first-order valence-corrected chi connectivity index (χ1v) is 10.2. The molecule has 2 aliphatic heterocycles. The second-order valence-corrected chi connectivity index (χ2v) is 7.39. The van der Waals surface area contributed by atoms with Crippen molar-refractivity contribution in [1.29, 1.82) is 0 Å². The minimum absolute atomic E-state index is 0.0554. The molecule has 0 bridgehead atoms. The van der Waals surface area contributed by atoms with E-state index in [9.17, 15) is 9.59 Å². The molecule has 2 fully saturated rings. The zero-order chi connectivity index (χ0) is 19.1. The molecule has 5 heteroatoms. The van der Waals surface area contributed by atoms with Gasteiger partial charge in [0.1, 0.15) is 0 Å². The van der Waals surface area contributed by atoms with Gasteiger partial charge < -0.3 is 14.7 Å². The van der Waals surface area contributed by atoms with Crippen LogP contribution in [0.1, 0.15) is 38.2 Å². The van der Waals surface area contributed by atoms with E-state index in [0.717, 1.165) is 37.2 Å². The molecule has 2 heterocycles. The van der Waals surface area contributed by atoms with Crippen LogP contribution in [0.5, 0.6) is 0 Å². The number of rotatable bonds is 6. The molecule has 0 N–H and O–H groups in total. The van der Waals surface area contributed by atoms with Crippen LogP contribution in [0.15, 0.2) is 36.4 Å². The number of nitrogens with zero attached hydrogens (tertiary/aromatic N) is 3. The highest BCUT2D eigenvalue weighted by Gasteiger charge is 2.24. The molecule has 146 valence electrons. The third-order valence-electron chi connectivity index (χ3n) is 5.61. The van der Waals surface area contributed by atoms with E-state index in [1.54, 1.807) is 6.08 Å². The van der Waals surface area contributed by atoms with E-state index in [1.165, 1.54) is 12.8 Å². The minimum atomic E-state index is 0.0554. The van der Waals surface area contributed by atoms with Crippen molar-refractivity contribution in [1.82, 2.24) is 14.7 Å². The zero-order valence-electron chi connectivity index (χ0n) is 16.4. The average Bonchev–Trinajstić information content (AvgIpc) is 3.24. The Morgan fingerprint density at radius 2 is 1.56 bits per heavy atom. The number of likely N-dealkylation sites (tertiary alicyclic amines) is 1. The average molecular weight is 370 g/mol. The van der Waals surface area contributed by atoms with E-state index in [0.29, 0.717) is 32.6 Å². The van der Waals surface area contributed by atoms with E-state index in [1.807, 2.05) is 40.1 Å². The van der Waals surface area contributed by atoms with Gasteiger partial charge in [0.05, 0.1) is 0 Å². The number of carbonyl (C=O) groups excluding carboxylic acids is 2. The summed E-state index contributed by atoms with van der Waals surface area (Å²) in [5.74, 6) is 0.281. The SMILES string of the molecule is CC/C(=C\C(=O)N1CCN(C(=O)CCN2CCCC2)CC1)c1ccccc1. The molecule has 2 aliphatic rings. The Morgan fingerprint density at radius 3 is 2.19 bits per heavy atom. The van der Waals surface area contributed by atoms with Gasteiger partial charge in [0.2, 0.25) is 11.8 Å². The molecule has 0 saturated carbocycles. The fraction of sp³-hybridized carbons (Fsp3) is 0.545. The molecular weight excluding hydrogens is 338 g/mol. The van der Waals surface area contributed by atoms with Crippen LogP contribution in [-0.2, 0) is 9.59 Å². The second kappa shape index (κ2) is 9.70. The van der Waals surface area contributed by atoms with Gasteiger partial charge >= 0.3 is 0 Å². The highest BCUT2D eigenvalue weighted by molar-refractivity contribution is 5.95. The molecule has 2 amide bonds. The van der Waals surface area contributed by atoms with Crippen molar-refractivity contribution >= 4 is 17.4 Å². The third kappa shape index (κ3) is 5.42. The summed E-state index contributed by atoms with van der Waals surface area (Å²) in [7, 11) is 0. The molecular formula is C22H31N3O2. The number of piperazine rings is 1. The van der Waals surface area contributed by atoms with Crippen LogP contribution >= 0.6 is 0 Å².